The van der Waals surface area contributed by atoms with Crippen molar-refractivity contribution in [3.63, 3.8) is 0 Å². The van der Waals surface area contributed by atoms with Crippen LogP contribution in [0.4, 0.5) is 0 Å². The van der Waals surface area contributed by atoms with Crippen molar-refractivity contribution in [2.75, 3.05) is 13.7 Å². The van der Waals surface area contributed by atoms with E-state index in [2.05, 4.69) is 0 Å². The number of carbonyl (C=O) groups excluding carboxylic acids is 1. The van der Waals surface area contributed by atoms with Crippen molar-refractivity contribution in [1.29, 1.82) is 0 Å². The highest BCUT2D eigenvalue weighted by Gasteiger charge is 2.20. The second kappa shape index (κ2) is 4.99. The second-order valence-electron chi connectivity index (χ2n) is 3.65. The number of aromatic nitrogens is 1. The Morgan fingerprint density at radius 3 is 2.56 bits per heavy atom. The zero-order valence-corrected chi connectivity index (χ0v) is 10.2. The fourth-order valence-electron chi connectivity index (χ4n) is 1.73. The van der Waals surface area contributed by atoms with Crippen LogP contribution >= 0.6 is 0 Å². The first-order valence-electron chi connectivity index (χ1n) is 5.15. The molecule has 0 aliphatic carbocycles. The smallest absolute Gasteiger partial charge is 0.340 e. The molecule has 0 unspecified atom stereocenters. The van der Waals surface area contributed by atoms with E-state index >= 15 is 0 Å². The summed E-state index contributed by atoms with van der Waals surface area (Å²) in [5, 5.41) is 0. The van der Waals surface area contributed by atoms with Gasteiger partial charge in [0.25, 0.3) is 0 Å². The van der Waals surface area contributed by atoms with E-state index in [0.29, 0.717) is 12.1 Å². The zero-order chi connectivity index (χ0) is 12.3. The molecule has 2 N–H and O–H groups in total. The number of nitrogens with two attached hydrogens (primary N) is 1. The van der Waals surface area contributed by atoms with Crippen molar-refractivity contribution in [2.45, 2.75) is 13.8 Å². The van der Waals surface area contributed by atoms with Gasteiger partial charge < -0.3 is 15.0 Å². The lowest BCUT2D eigenvalue weighted by Gasteiger charge is -2.00. The molecule has 0 saturated heterocycles. The molecular formula is C12H18N2O2. The number of ether oxygens (including phenoxy) is 1. The monoisotopic (exact) mass is 222 g/mol. The highest BCUT2D eigenvalue weighted by molar-refractivity contribution is 5.95. The van der Waals surface area contributed by atoms with Crippen molar-refractivity contribution < 1.29 is 9.53 Å². The molecule has 4 heteroatoms. The van der Waals surface area contributed by atoms with Gasteiger partial charge in [-0.15, -0.1) is 0 Å². The number of rotatable bonds is 3. The van der Waals surface area contributed by atoms with Crippen LogP contribution in [-0.2, 0) is 11.8 Å². The highest BCUT2D eigenvalue weighted by Crippen LogP contribution is 2.23. The summed E-state index contributed by atoms with van der Waals surface area (Å²) in [5.74, 6) is -0.308. The standard InChI is InChI=1S/C12H18N2O2/c1-8-10(6-5-7-13)11(12(15)16-4)9(2)14(8)3/h5-6H,7,13H2,1-4H3/b6-5+. The fourth-order valence-corrected chi connectivity index (χ4v) is 1.73. The van der Waals surface area contributed by atoms with Gasteiger partial charge in [0.1, 0.15) is 0 Å². The largest absolute Gasteiger partial charge is 0.465 e. The van der Waals surface area contributed by atoms with E-state index in [4.69, 9.17) is 10.5 Å². The molecule has 1 heterocycles. The molecule has 0 amide bonds. The van der Waals surface area contributed by atoms with Gasteiger partial charge in [-0.2, -0.15) is 0 Å². The van der Waals surface area contributed by atoms with Gasteiger partial charge in [0.15, 0.2) is 0 Å². The van der Waals surface area contributed by atoms with E-state index in [-0.39, 0.29) is 5.97 Å². The average Bonchev–Trinajstić information content (AvgIpc) is 2.50. The number of methoxy groups -OCH3 is 1. The van der Waals surface area contributed by atoms with E-state index in [1.165, 1.54) is 7.11 Å². The van der Waals surface area contributed by atoms with Crippen molar-refractivity contribution in [2.24, 2.45) is 12.8 Å². The Morgan fingerprint density at radius 2 is 2.06 bits per heavy atom. The van der Waals surface area contributed by atoms with Gasteiger partial charge in [0.05, 0.1) is 12.7 Å². The Morgan fingerprint density at radius 1 is 1.44 bits per heavy atom. The molecular weight excluding hydrogens is 204 g/mol. The van der Waals surface area contributed by atoms with Crippen LogP contribution in [0.2, 0.25) is 0 Å². The van der Waals surface area contributed by atoms with Gasteiger partial charge in [0.2, 0.25) is 0 Å². The van der Waals surface area contributed by atoms with Gasteiger partial charge in [-0.3, -0.25) is 0 Å². The highest BCUT2D eigenvalue weighted by atomic mass is 16.5. The number of esters is 1. The van der Waals surface area contributed by atoms with Crippen LogP contribution < -0.4 is 5.73 Å². The van der Waals surface area contributed by atoms with Gasteiger partial charge in [-0.25, -0.2) is 4.79 Å². The molecule has 1 aromatic rings. The average molecular weight is 222 g/mol. The first-order valence-corrected chi connectivity index (χ1v) is 5.15. The summed E-state index contributed by atoms with van der Waals surface area (Å²) in [6.07, 6.45) is 3.70. The molecule has 0 atom stereocenters. The third-order valence-corrected chi connectivity index (χ3v) is 2.84. The zero-order valence-electron chi connectivity index (χ0n) is 10.2. The van der Waals surface area contributed by atoms with Gasteiger partial charge in [-0.1, -0.05) is 12.2 Å². The maximum atomic E-state index is 11.7. The Hall–Kier alpha value is -1.55. The number of hydrogen-bond donors (Lipinski definition) is 1. The molecule has 88 valence electrons. The topological polar surface area (TPSA) is 57.2 Å². The van der Waals surface area contributed by atoms with Crippen LogP contribution in [0.3, 0.4) is 0 Å². The number of carbonyl (C=O) groups is 1. The van der Waals surface area contributed by atoms with E-state index in [1.54, 1.807) is 0 Å². The molecule has 0 spiro atoms. The van der Waals surface area contributed by atoms with Crippen LogP contribution in [0.5, 0.6) is 0 Å². The van der Waals surface area contributed by atoms with E-state index in [9.17, 15) is 4.79 Å². The summed E-state index contributed by atoms with van der Waals surface area (Å²) in [5.41, 5.74) is 8.86. The molecule has 0 aromatic carbocycles. The maximum absolute atomic E-state index is 11.7. The molecule has 0 radical (unpaired) electrons. The SMILES string of the molecule is COC(=O)c1c(/C=C/CN)c(C)n(C)c1C. The minimum atomic E-state index is -0.308. The van der Waals surface area contributed by atoms with Gasteiger partial charge in [0, 0.05) is 30.5 Å². The Labute approximate surface area is 95.7 Å². The van der Waals surface area contributed by atoms with Gasteiger partial charge in [-0.05, 0) is 13.8 Å². The van der Waals surface area contributed by atoms with Crippen molar-refractivity contribution >= 4 is 12.0 Å². The Kier molecular flexibility index (Phi) is 3.90. The van der Waals surface area contributed by atoms with Crippen LogP contribution in [0.25, 0.3) is 6.08 Å². The summed E-state index contributed by atoms with van der Waals surface area (Å²) in [4.78, 5) is 11.7. The minimum Gasteiger partial charge on any atom is -0.465 e. The second-order valence-corrected chi connectivity index (χ2v) is 3.65. The molecule has 4 nitrogen and oxygen atoms in total. The Bertz CT molecular complexity index is 431. The van der Waals surface area contributed by atoms with Crippen molar-refractivity contribution in [3.05, 3.63) is 28.6 Å². The number of nitrogens with zero attached hydrogens (tertiary/aromatic N) is 1. The molecule has 0 bridgehead atoms. The maximum Gasteiger partial charge on any atom is 0.340 e. The molecule has 1 rings (SSSR count). The first kappa shape index (κ1) is 12.5. The summed E-state index contributed by atoms with van der Waals surface area (Å²) in [6.45, 7) is 4.32. The third-order valence-electron chi connectivity index (χ3n) is 2.84. The van der Waals surface area contributed by atoms with E-state index in [1.807, 2.05) is 37.6 Å². The molecule has 16 heavy (non-hydrogen) atoms. The molecule has 1 aromatic heterocycles. The predicted octanol–water partition coefficient (Wildman–Crippen LogP) is 1.40. The predicted molar refractivity (Wildman–Crippen MR) is 64.3 cm³/mol. The Balaban J connectivity index is 3.38. The summed E-state index contributed by atoms with van der Waals surface area (Å²) < 4.78 is 6.76. The molecule has 0 aliphatic heterocycles. The number of hydrogen-bond acceptors (Lipinski definition) is 3. The van der Waals surface area contributed by atoms with Crippen LogP contribution in [0, 0.1) is 13.8 Å². The quantitative estimate of drug-likeness (QED) is 0.786. The van der Waals surface area contributed by atoms with Crippen LogP contribution in [-0.4, -0.2) is 24.2 Å². The summed E-state index contributed by atoms with van der Waals surface area (Å²) in [7, 11) is 3.32. The molecule has 0 aliphatic rings. The van der Waals surface area contributed by atoms with Gasteiger partial charge >= 0.3 is 5.97 Å². The minimum absolute atomic E-state index is 0.308. The lowest BCUT2D eigenvalue weighted by molar-refractivity contribution is 0.0599. The first-order chi connectivity index (χ1) is 7.54. The lowest BCUT2D eigenvalue weighted by Crippen LogP contribution is -2.04. The van der Waals surface area contributed by atoms with Crippen LogP contribution in [0.1, 0.15) is 27.3 Å². The van der Waals surface area contributed by atoms with E-state index in [0.717, 1.165) is 17.0 Å². The van der Waals surface area contributed by atoms with Crippen LogP contribution in [0.15, 0.2) is 6.08 Å². The molecule has 0 saturated carbocycles. The summed E-state index contributed by atoms with van der Waals surface area (Å²) in [6, 6.07) is 0. The molecule has 0 fully saturated rings. The lowest BCUT2D eigenvalue weighted by atomic mass is 10.1. The van der Waals surface area contributed by atoms with Crippen molar-refractivity contribution in [3.8, 4) is 0 Å². The fraction of sp³-hybridized carbons (Fsp3) is 0.417. The van der Waals surface area contributed by atoms with E-state index < -0.39 is 0 Å². The summed E-state index contributed by atoms with van der Waals surface area (Å²) >= 11 is 0. The normalized spacial score (nSPS) is 11.1. The third kappa shape index (κ3) is 2.02. The van der Waals surface area contributed by atoms with Crippen molar-refractivity contribution in [1.82, 2.24) is 4.57 Å².